The summed E-state index contributed by atoms with van der Waals surface area (Å²) in [6, 6.07) is 13.9. The number of thioether (sulfide) groups is 1. The van der Waals surface area contributed by atoms with Gasteiger partial charge in [0.1, 0.15) is 24.7 Å². The van der Waals surface area contributed by atoms with E-state index in [0.717, 1.165) is 22.0 Å². The van der Waals surface area contributed by atoms with Gasteiger partial charge in [-0.3, -0.25) is 14.4 Å². The van der Waals surface area contributed by atoms with Gasteiger partial charge < -0.3 is 31.4 Å². The van der Waals surface area contributed by atoms with Gasteiger partial charge in [-0.15, -0.1) is 0 Å². The molecule has 0 radical (unpaired) electrons. The van der Waals surface area contributed by atoms with Crippen LogP contribution in [0.25, 0.3) is 10.9 Å². The average Bonchev–Trinajstić information content (AvgIpc) is 3.32. The summed E-state index contributed by atoms with van der Waals surface area (Å²) in [5, 5.41) is 8.75. The van der Waals surface area contributed by atoms with Crippen LogP contribution >= 0.6 is 11.8 Å². The van der Waals surface area contributed by atoms with Crippen LogP contribution in [0.2, 0.25) is 0 Å². The summed E-state index contributed by atoms with van der Waals surface area (Å²) < 4.78 is 5.31. The molecule has 38 heavy (non-hydrogen) atoms. The molecule has 0 aliphatic carbocycles. The standard InChI is InChI=1S/C27H33N5O5S/c1-17(25(34)31-22(24(28)33)12-13-38-2)30-26(35)23(14-19-15-29-21-11-7-6-10-20(19)21)32-27(36)37-16-18-8-4-3-5-9-18/h3-11,15,17,22-23,29H,12-14,16H2,1-2H3,(H2,28,33)(H,30,35)(H,31,34)(H,32,36). The fourth-order valence-corrected chi connectivity index (χ4v) is 4.31. The molecule has 10 nitrogen and oxygen atoms in total. The third-order valence-electron chi connectivity index (χ3n) is 5.94. The maximum Gasteiger partial charge on any atom is 0.408 e. The Hall–Kier alpha value is -3.99. The van der Waals surface area contributed by atoms with Gasteiger partial charge >= 0.3 is 6.09 Å². The maximum atomic E-state index is 13.3. The van der Waals surface area contributed by atoms with Crippen molar-refractivity contribution in [1.29, 1.82) is 0 Å². The van der Waals surface area contributed by atoms with Crippen molar-refractivity contribution in [2.24, 2.45) is 5.73 Å². The molecule has 1 aromatic heterocycles. The van der Waals surface area contributed by atoms with Crippen LogP contribution in [0.1, 0.15) is 24.5 Å². The number of para-hydroxylation sites is 1. The van der Waals surface area contributed by atoms with Crippen LogP contribution in [0.15, 0.2) is 60.8 Å². The summed E-state index contributed by atoms with van der Waals surface area (Å²) in [6.07, 6.45) is 3.43. The molecule has 3 unspecified atom stereocenters. The number of hydrogen-bond acceptors (Lipinski definition) is 6. The zero-order valence-corrected chi connectivity index (χ0v) is 22.2. The number of alkyl carbamates (subject to hydrolysis) is 1. The quantitative estimate of drug-likeness (QED) is 0.224. The smallest absolute Gasteiger partial charge is 0.408 e. The van der Waals surface area contributed by atoms with Gasteiger partial charge in [-0.25, -0.2) is 4.79 Å². The minimum absolute atomic E-state index is 0.0391. The predicted molar refractivity (Wildman–Crippen MR) is 147 cm³/mol. The summed E-state index contributed by atoms with van der Waals surface area (Å²) in [6.45, 7) is 1.54. The molecule has 1 heterocycles. The number of primary amides is 1. The first-order valence-electron chi connectivity index (χ1n) is 12.2. The molecular formula is C27H33N5O5S. The average molecular weight is 540 g/mol. The molecule has 3 aromatic rings. The lowest BCUT2D eigenvalue weighted by atomic mass is 10.0. The molecule has 3 rings (SSSR count). The molecule has 2 aromatic carbocycles. The van der Waals surface area contributed by atoms with Crippen molar-refractivity contribution in [2.45, 2.75) is 44.5 Å². The summed E-state index contributed by atoms with van der Waals surface area (Å²) in [4.78, 5) is 53.4. The Balaban J connectivity index is 1.69. The highest BCUT2D eigenvalue weighted by atomic mass is 32.2. The molecule has 0 saturated heterocycles. The van der Waals surface area contributed by atoms with Crippen molar-refractivity contribution in [3.05, 3.63) is 71.9 Å². The van der Waals surface area contributed by atoms with Gasteiger partial charge in [0.25, 0.3) is 0 Å². The maximum absolute atomic E-state index is 13.3. The molecular weight excluding hydrogens is 506 g/mol. The first kappa shape index (κ1) is 28.6. The van der Waals surface area contributed by atoms with Gasteiger partial charge in [0, 0.05) is 23.5 Å². The van der Waals surface area contributed by atoms with Crippen LogP contribution in [-0.4, -0.2) is 58.9 Å². The number of carbonyl (C=O) groups excluding carboxylic acids is 4. The number of aromatic nitrogens is 1. The number of carbonyl (C=O) groups is 4. The highest BCUT2D eigenvalue weighted by Gasteiger charge is 2.28. The van der Waals surface area contributed by atoms with Crippen molar-refractivity contribution in [2.75, 3.05) is 12.0 Å². The molecule has 3 atom stereocenters. The molecule has 4 amide bonds. The third-order valence-corrected chi connectivity index (χ3v) is 6.59. The number of nitrogens with one attached hydrogen (secondary N) is 4. The number of ether oxygens (including phenoxy) is 1. The van der Waals surface area contributed by atoms with E-state index in [9.17, 15) is 19.2 Å². The van der Waals surface area contributed by atoms with Crippen LogP contribution in [0.3, 0.4) is 0 Å². The van der Waals surface area contributed by atoms with Crippen LogP contribution in [-0.2, 0) is 32.1 Å². The van der Waals surface area contributed by atoms with E-state index in [0.29, 0.717) is 12.2 Å². The predicted octanol–water partition coefficient (Wildman–Crippen LogP) is 2.23. The highest BCUT2D eigenvalue weighted by molar-refractivity contribution is 7.98. The SMILES string of the molecule is CSCCC(NC(=O)C(C)NC(=O)C(Cc1c[nH]c2ccccc12)NC(=O)OCc1ccccc1)C(N)=O. The highest BCUT2D eigenvalue weighted by Crippen LogP contribution is 2.19. The van der Waals surface area contributed by atoms with Gasteiger partial charge in [-0.05, 0) is 42.5 Å². The second-order valence-electron chi connectivity index (χ2n) is 8.80. The molecule has 0 aliphatic heterocycles. The second kappa shape index (κ2) is 14.1. The number of fused-ring (bicyclic) bond motifs is 1. The normalized spacial score (nSPS) is 13.2. The van der Waals surface area contributed by atoms with E-state index in [4.69, 9.17) is 10.5 Å². The van der Waals surface area contributed by atoms with Crippen LogP contribution in [0.5, 0.6) is 0 Å². The van der Waals surface area contributed by atoms with Gasteiger partial charge in [0.05, 0.1) is 0 Å². The number of nitrogens with two attached hydrogens (primary N) is 1. The van der Waals surface area contributed by atoms with Gasteiger partial charge in [-0.1, -0.05) is 48.5 Å². The molecule has 0 spiro atoms. The zero-order chi connectivity index (χ0) is 27.5. The largest absolute Gasteiger partial charge is 0.445 e. The first-order valence-corrected chi connectivity index (χ1v) is 13.6. The van der Waals surface area contributed by atoms with E-state index in [1.807, 2.05) is 60.9 Å². The molecule has 11 heteroatoms. The van der Waals surface area contributed by atoms with Crippen LogP contribution in [0, 0.1) is 0 Å². The summed E-state index contributed by atoms with van der Waals surface area (Å²) >= 11 is 1.52. The van der Waals surface area contributed by atoms with E-state index < -0.39 is 41.9 Å². The first-order chi connectivity index (χ1) is 18.3. The summed E-state index contributed by atoms with van der Waals surface area (Å²) in [5.41, 5.74) is 7.91. The number of aromatic amines is 1. The second-order valence-corrected chi connectivity index (χ2v) is 9.78. The number of hydrogen-bond donors (Lipinski definition) is 5. The molecule has 0 saturated carbocycles. The third kappa shape index (κ3) is 8.27. The summed E-state index contributed by atoms with van der Waals surface area (Å²) in [5.74, 6) is -1.14. The van der Waals surface area contributed by atoms with Crippen molar-refractivity contribution < 1.29 is 23.9 Å². The minimum atomic E-state index is -1.03. The van der Waals surface area contributed by atoms with Gasteiger partial charge in [-0.2, -0.15) is 11.8 Å². The van der Waals surface area contributed by atoms with Gasteiger partial charge in [0.2, 0.25) is 17.7 Å². The van der Waals surface area contributed by atoms with E-state index in [2.05, 4.69) is 20.9 Å². The van der Waals surface area contributed by atoms with Crippen molar-refractivity contribution in [3.8, 4) is 0 Å². The van der Waals surface area contributed by atoms with E-state index in [-0.39, 0.29) is 13.0 Å². The number of benzene rings is 2. The van der Waals surface area contributed by atoms with E-state index in [1.165, 1.54) is 18.7 Å². The lowest BCUT2D eigenvalue weighted by Gasteiger charge is -2.22. The Labute approximate surface area is 225 Å². The minimum Gasteiger partial charge on any atom is -0.445 e. The number of amides is 4. The van der Waals surface area contributed by atoms with Crippen molar-refractivity contribution in [3.63, 3.8) is 0 Å². The Bertz CT molecular complexity index is 1250. The molecule has 6 N–H and O–H groups in total. The van der Waals surface area contributed by atoms with E-state index in [1.54, 1.807) is 6.20 Å². The lowest BCUT2D eigenvalue weighted by Crippen LogP contribution is -2.56. The fourth-order valence-electron chi connectivity index (χ4n) is 3.83. The zero-order valence-electron chi connectivity index (χ0n) is 21.4. The number of H-pyrrole nitrogens is 1. The summed E-state index contributed by atoms with van der Waals surface area (Å²) in [7, 11) is 0. The molecule has 0 bridgehead atoms. The Morgan fingerprint density at radius 1 is 0.947 bits per heavy atom. The molecule has 202 valence electrons. The Kier molecular flexibility index (Phi) is 10.6. The van der Waals surface area contributed by atoms with Gasteiger partial charge in [0.15, 0.2) is 0 Å². The van der Waals surface area contributed by atoms with Crippen molar-refractivity contribution in [1.82, 2.24) is 20.9 Å². The topological polar surface area (TPSA) is 155 Å². The lowest BCUT2D eigenvalue weighted by molar-refractivity contribution is -0.131. The van der Waals surface area contributed by atoms with E-state index >= 15 is 0 Å². The van der Waals surface area contributed by atoms with Crippen molar-refractivity contribution >= 4 is 46.5 Å². The fraction of sp³-hybridized carbons (Fsp3) is 0.333. The monoisotopic (exact) mass is 539 g/mol. The number of rotatable bonds is 13. The molecule has 0 aliphatic rings. The molecule has 0 fully saturated rings. The van der Waals surface area contributed by atoms with Crippen LogP contribution < -0.4 is 21.7 Å². The Morgan fingerprint density at radius 3 is 2.37 bits per heavy atom. The van der Waals surface area contributed by atoms with Crippen LogP contribution in [0.4, 0.5) is 4.79 Å². The Morgan fingerprint density at radius 2 is 1.66 bits per heavy atom.